The molecule has 0 radical (unpaired) electrons. The molecule has 7 heteroatoms. The fourth-order valence-electron chi connectivity index (χ4n) is 2.37. The normalized spacial score (nSPS) is 14.3. The molecule has 1 saturated heterocycles. The minimum atomic E-state index is -0.200. The lowest BCUT2D eigenvalue weighted by atomic mass is 10.2. The van der Waals surface area contributed by atoms with Crippen LogP contribution in [0.3, 0.4) is 0 Å². The van der Waals surface area contributed by atoms with Crippen molar-refractivity contribution in [3.8, 4) is 11.5 Å². The van der Waals surface area contributed by atoms with Crippen LogP contribution < -0.4 is 14.8 Å². The van der Waals surface area contributed by atoms with Crippen molar-refractivity contribution in [3.05, 3.63) is 51.6 Å². The highest BCUT2D eigenvalue weighted by atomic mass is 127. The summed E-state index contributed by atoms with van der Waals surface area (Å²) in [5, 5.41) is 2.82. The maximum absolute atomic E-state index is 12.1. The Morgan fingerprint density at radius 1 is 1.16 bits per heavy atom. The van der Waals surface area contributed by atoms with Gasteiger partial charge in [-0.1, -0.05) is 6.07 Å². The Bertz CT molecular complexity index is 734. The van der Waals surface area contributed by atoms with Crippen molar-refractivity contribution in [1.82, 2.24) is 0 Å². The summed E-state index contributed by atoms with van der Waals surface area (Å²) < 4.78 is 12.7. The molecule has 0 aliphatic carbocycles. The molecule has 132 valence electrons. The van der Waals surface area contributed by atoms with Gasteiger partial charge in [0.2, 0.25) is 0 Å². The monoisotopic (exact) mass is 487 g/mol. The largest absolute Gasteiger partial charge is 0.493 e. The van der Waals surface area contributed by atoms with E-state index in [1.165, 1.54) is 17.1 Å². The van der Waals surface area contributed by atoms with Crippen LogP contribution in [0.4, 0.5) is 5.69 Å². The fourth-order valence-corrected chi connectivity index (χ4v) is 5.57. The second-order valence-electron chi connectivity index (χ2n) is 5.33. The van der Waals surface area contributed by atoms with Gasteiger partial charge in [0.25, 0.3) is 5.91 Å². The van der Waals surface area contributed by atoms with E-state index in [1.807, 2.05) is 66.0 Å². The first kappa shape index (κ1) is 18.7. The van der Waals surface area contributed by atoms with Crippen LogP contribution in [0, 0.1) is 3.57 Å². The van der Waals surface area contributed by atoms with Crippen molar-refractivity contribution in [1.29, 1.82) is 0 Å². The first-order chi connectivity index (χ1) is 12.2. The minimum absolute atomic E-state index is 0.0609. The standard InChI is InChI=1S/C18H18INO3S2/c1-22-16-10-12(18-24-8-9-25-18)2-7-15(16)23-11-17(21)20-14-5-3-13(19)4-6-14/h2-7,10,18H,8-9,11H2,1H3,(H,20,21). The predicted molar refractivity (Wildman–Crippen MR) is 114 cm³/mol. The Hall–Kier alpha value is -1.06. The summed E-state index contributed by atoms with van der Waals surface area (Å²) in [7, 11) is 1.62. The number of rotatable bonds is 6. The van der Waals surface area contributed by atoms with E-state index in [0.717, 1.165) is 9.26 Å². The van der Waals surface area contributed by atoms with Crippen LogP contribution in [0.25, 0.3) is 0 Å². The van der Waals surface area contributed by atoms with Gasteiger partial charge in [0.15, 0.2) is 18.1 Å². The van der Waals surface area contributed by atoms with E-state index in [9.17, 15) is 4.79 Å². The molecule has 0 bridgehead atoms. The van der Waals surface area contributed by atoms with Crippen molar-refractivity contribution in [3.63, 3.8) is 0 Å². The average Bonchev–Trinajstić information content (AvgIpc) is 3.16. The number of thioether (sulfide) groups is 2. The Balaban J connectivity index is 1.59. The van der Waals surface area contributed by atoms with Crippen LogP contribution in [0.2, 0.25) is 0 Å². The number of carbonyl (C=O) groups is 1. The fraction of sp³-hybridized carbons (Fsp3) is 0.278. The summed E-state index contributed by atoms with van der Waals surface area (Å²) in [6.45, 7) is -0.0609. The number of carbonyl (C=O) groups excluding carboxylic acids is 1. The molecule has 1 amide bonds. The van der Waals surface area contributed by atoms with Crippen molar-refractivity contribution >= 4 is 57.7 Å². The zero-order valence-electron chi connectivity index (χ0n) is 13.7. The molecule has 1 heterocycles. The van der Waals surface area contributed by atoms with Crippen molar-refractivity contribution in [2.45, 2.75) is 4.58 Å². The third-order valence-electron chi connectivity index (χ3n) is 3.57. The number of hydrogen-bond acceptors (Lipinski definition) is 5. The van der Waals surface area contributed by atoms with Crippen molar-refractivity contribution in [2.75, 3.05) is 30.5 Å². The summed E-state index contributed by atoms with van der Waals surface area (Å²) in [5.74, 6) is 3.39. The first-order valence-corrected chi connectivity index (χ1v) is 10.9. The molecular formula is C18H18INO3S2. The highest BCUT2D eigenvalue weighted by molar-refractivity contribution is 14.1. The molecule has 2 aromatic carbocycles. The van der Waals surface area contributed by atoms with E-state index in [-0.39, 0.29) is 12.5 Å². The topological polar surface area (TPSA) is 47.6 Å². The summed E-state index contributed by atoms with van der Waals surface area (Å²) in [4.78, 5) is 12.1. The van der Waals surface area contributed by atoms with Crippen LogP contribution in [-0.2, 0) is 4.79 Å². The summed E-state index contributed by atoms with van der Waals surface area (Å²) in [6.07, 6.45) is 0. The number of ether oxygens (including phenoxy) is 2. The molecule has 0 aromatic heterocycles. The second kappa shape index (κ2) is 9.05. The molecule has 4 nitrogen and oxygen atoms in total. The Morgan fingerprint density at radius 3 is 2.56 bits per heavy atom. The second-order valence-corrected chi connectivity index (χ2v) is 9.30. The third kappa shape index (κ3) is 5.21. The molecule has 1 aliphatic rings. The highest BCUT2D eigenvalue weighted by Gasteiger charge is 2.20. The van der Waals surface area contributed by atoms with Gasteiger partial charge in [0, 0.05) is 20.8 Å². The molecular weight excluding hydrogens is 469 g/mol. The number of benzene rings is 2. The van der Waals surface area contributed by atoms with Gasteiger partial charge in [-0.3, -0.25) is 4.79 Å². The SMILES string of the molecule is COc1cc(C2SCCS2)ccc1OCC(=O)Nc1ccc(I)cc1. The van der Waals surface area contributed by atoms with Gasteiger partial charge in [-0.25, -0.2) is 0 Å². The van der Waals surface area contributed by atoms with E-state index >= 15 is 0 Å². The average molecular weight is 487 g/mol. The first-order valence-electron chi connectivity index (χ1n) is 7.75. The Labute approximate surface area is 169 Å². The summed E-state index contributed by atoms with van der Waals surface area (Å²) in [6, 6.07) is 13.5. The maximum Gasteiger partial charge on any atom is 0.262 e. The lowest BCUT2D eigenvalue weighted by molar-refractivity contribution is -0.118. The van der Waals surface area contributed by atoms with Gasteiger partial charge in [-0.2, -0.15) is 0 Å². The van der Waals surface area contributed by atoms with Crippen molar-refractivity contribution in [2.24, 2.45) is 0 Å². The third-order valence-corrected chi connectivity index (χ3v) is 7.39. The van der Waals surface area contributed by atoms with E-state index in [1.54, 1.807) is 7.11 Å². The molecule has 0 atom stereocenters. The maximum atomic E-state index is 12.1. The molecule has 25 heavy (non-hydrogen) atoms. The number of halogens is 1. The summed E-state index contributed by atoms with van der Waals surface area (Å²) >= 11 is 6.11. The molecule has 0 unspecified atom stereocenters. The molecule has 1 fully saturated rings. The van der Waals surface area contributed by atoms with Gasteiger partial charge < -0.3 is 14.8 Å². The van der Waals surface area contributed by atoms with Crippen LogP contribution in [0.15, 0.2) is 42.5 Å². The van der Waals surface area contributed by atoms with E-state index in [4.69, 9.17) is 9.47 Å². The van der Waals surface area contributed by atoms with Gasteiger partial charge >= 0.3 is 0 Å². The molecule has 1 N–H and O–H groups in total. The van der Waals surface area contributed by atoms with E-state index in [2.05, 4.69) is 27.9 Å². The van der Waals surface area contributed by atoms with Gasteiger partial charge in [-0.05, 0) is 64.6 Å². The Morgan fingerprint density at radius 2 is 1.88 bits per heavy atom. The molecule has 0 spiro atoms. The lowest BCUT2D eigenvalue weighted by Crippen LogP contribution is -2.20. The zero-order valence-corrected chi connectivity index (χ0v) is 17.4. The van der Waals surface area contributed by atoms with Crippen LogP contribution in [0.5, 0.6) is 11.5 Å². The van der Waals surface area contributed by atoms with Gasteiger partial charge in [0.05, 0.1) is 11.7 Å². The molecule has 0 saturated carbocycles. The number of amides is 1. The molecule has 2 aromatic rings. The van der Waals surface area contributed by atoms with Gasteiger partial charge in [0.1, 0.15) is 0 Å². The van der Waals surface area contributed by atoms with Crippen LogP contribution in [-0.4, -0.2) is 31.1 Å². The highest BCUT2D eigenvalue weighted by Crippen LogP contribution is 2.46. The number of nitrogens with one attached hydrogen (secondary N) is 1. The molecule has 3 rings (SSSR count). The minimum Gasteiger partial charge on any atom is -0.493 e. The molecule has 1 aliphatic heterocycles. The van der Waals surface area contributed by atoms with E-state index in [0.29, 0.717) is 16.1 Å². The lowest BCUT2D eigenvalue weighted by Gasteiger charge is -2.14. The number of methoxy groups -OCH3 is 1. The predicted octanol–water partition coefficient (Wildman–Crippen LogP) is 4.80. The van der Waals surface area contributed by atoms with Crippen molar-refractivity contribution < 1.29 is 14.3 Å². The van der Waals surface area contributed by atoms with Gasteiger partial charge in [-0.15, -0.1) is 23.5 Å². The van der Waals surface area contributed by atoms with E-state index < -0.39 is 0 Å². The Kier molecular flexibility index (Phi) is 6.77. The number of anilines is 1. The summed E-state index contributed by atoms with van der Waals surface area (Å²) in [5.41, 5.74) is 1.98. The number of hydrogen-bond donors (Lipinski definition) is 1. The zero-order chi connectivity index (χ0) is 17.6. The smallest absolute Gasteiger partial charge is 0.262 e. The van der Waals surface area contributed by atoms with Crippen LogP contribution >= 0.6 is 46.1 Å². The van der Waals surface area contributed by atoms with Crippen LogP contribution in [0.1, 0.15) is 10.1 Å². The quantitative estimate of drug-likeness (QED) is 0.594.